The van der Waals surface area contributed by atoms with Gasteiger partial charge in [0.15, 0.2) is 0 Å². The molecule has 266 valence electrons. The molecule has 0 saturated carbocycles. The van der Waals surface area contributed by atoms with E-state index in [1.165, 1.54) is 17.0 Å². The highest BCUT2D eigenvalue weighted by Crippen LogP contribution is 2.27. The number of carbonyl (C=O) groups is 4. The zero-order valence-electron chi connectivity index (χ0n) is 29.6. The van der Waals surface area contributed by atoms with Crippen LogP contribution in [-0.2, 0) is 30.3 Å². The summed E-state index contributed by atoms with van der Waals surface area (Å²) in [5, 5.41) is 15.9. The number of nitrogens with zero attached hydrogens (tertiary/aromatic N) is 1. The number of alkyl carbamates (subject to hydrolysis) is 1. The lowest BCUT2D eigenvalue weighted by Gasteiger charge is -2.35. The van der Waals surface area contributed by atoms with Crippen LogP contribution in [0, 0.1) is 0 Å². The summed E-state index contributed by atoms with van der Waals surface area (Å²) in [5.41, 5.74) is -0.468. The Kier molecular flexibility index (Phi) is 16.3. The molecular weight excluding hydrogens is 630 g/mol. The number of thiol groups is 1. The zero-order valence-corrected chi connectivity index (χ0v) is 30.5. The van der Waals surface area contributed by atoms with Gasteiger partial charge in [-0.25, -0.2) is 9.59 Å². The number of hydrogen-bond acceptors (Lipinski definition) is 8. The van der Waals surface area contributed by atoms with E-state index in [4.69, 9.17) is 9.47 Å². The van der Waals surface area contributed by atoms with Gasteiger partial charge in [-0.3, -0.25) is 9.59 Å². The summed E-state index contributed by atoms with van der Waals surface area (Å²) >= 11 is 4.37. The van der Waals surface area contributed by atoms with Crippen LogP contribution in [0.15, 0.2) is 54.6 Å². The maximum atomic E-state index is 14.4. The molecule has 0 aromatic heterocycles. The molecule has 0 fully saturated rings. The third-order valence-electron chi connectivity index (χ3n) is 7.24. The quantitative estimate of drug-likeness (QED) is 0.0847. The first kappa shape index (κ1) is 40.4. The van der Waals surface area contributed by atoms with E-state index >= 15 is 0 Å². The topological polar surface area (TPSA) is 134 Å². The van der Waals surface area contributed by atoms with Gasteiger partial charge in [0.1, 0.15) is 35.1 Å². The molecule has 0 spiro atoms. The van der Waals surface area contributed by atoms with Crippen molar-refractivity contribution in [2.45, 2.75) is 123 Å². The molecule has 10 nitrogen and oxygen atoms in total. The maximum absolute atomic E-state index is 14.4. The van der Waals surface area contributed by atoms with Gasteiger partial charge in [-0.05, 0) is 71.2 Å². The molecule has 2 aromatic carbocycles. The molecule has 0 bridgehead atoms. The second-order valence-electron chi connectivity index (χ2n) is 14.0. The van der Waals surface area contributed by atoms with Gasteiger partial charge in [-0.15, -0.1) is 0 Å². The van der Waals surface area contributed by atoms with Crippen molar-refractivity contribution >= 4 is 36.5 Å². The number of benzene rings is 2. The highest BCUT2D eigenvalue weighted by molar-refractivity contribution is 7.80. The van der Waals surface area contributed by atoms with Gasteiger partial charge >= 0.3 is 12.1 Å². The van der Waals surface area contributed by atoms with Gasteiger partial charge in [0.05, 0.1) is 0 Å². The van der Waals surface area contributed by atoms with E-state index in [2.05, 4.69) is 30.2 Å². The third kappa shape index (κ3) is 14.6. The van der Waals surface area contributed by atoms with E-state index in [1.807, 2.05) is 30.3 Å². The van der Waals surface area contributed by atoms with Crippen molar-refractivity contribution in [2.75, 3.05) is 12.3 Å². The Morgan fingerprint density at radius 1 is 0.812 bits per heavy atom. The highest BCUT2D eigenvalue weighted by atomic mass is 32.1. The van der Waals surface area contributed by atoms with Crippen LogP contribution in [0.2, 0.25) is 0 Å². The molecular formula is C37H55N3O7S. The summed E-state index contributed by atoms with van der Waals surface area (Å²) in [6.45, 7) is 12.7. The summed E-state index contributed by atoms with van der Waals surface area (Å²) in [6, 6.07) is 11.9. The van der Waals surface area contributed by atoms with Crippen LogP contribution >= 0.6 is 12.6 Å². The van der Waals surface area contributed by atoms with Crippen molar-refractivity contribution in [3.05, 3.63) is 65.7 Å². The molecule has 0 aliphatic rings. The number of rotatable bonds is 17. The Hall–Kier alpha value is -3.73. The fourth-order valence-electron chi connectivity index (χ4n) is 5.10. The Morgan fingerprint density at radius 3 is 2.02 bits per heavy atom. The first-order chi connectivity index (χ1) is 22.5. The second kappa shape index (κ2) is 19.3. The lowest BCUT2D eigenvalue weighted by molar-refractivity contribution is -0.159. The number of esters is 1. The third-order valence-corrected chi connectivity index (χ3v) is 7.61. The summed E-state index contributed by atoms with van der Waals surface area (Å²) in [5.74, 6) is -1.97. The van der Waals surface area contributed by atoms with Gasteiger partial charge in [0.25, 0.3) is 0 Å². The SMILES string of the molecule is CCCCCCCCN(C(=O)C(CS)NC(=O)OC(C)(C)C)C(C(=O)NC(Cc1ccccc1)C(=O)OC(C)(C)C)c1cccc(O)c1. The number of hydrogen-bond donors (Lipinski definition) is 4. The number of amides is 3. The lowest BCUT2D eigenvalue weighted by atomic mass is 10.00. The Bertz CT molecular complexity index is 1320. The minimum Gasteiger partial charge on any atom is -0.508 e. The van der Waals surface area contributed by atoms with Crippen molar-refractivity contribution < 1.29 is 33.8 Å². The zero-order chi connectivity index (χ0) is 35.9. The van der Waals surface area contributed by atoms with E-state index in [-0.39, 0.29) is 24.5 Å². The van der Waals surface area contributed by atoms with Crippen LogP contribution in [0.5, 0.6) is 5.75 Å². The molecule has 0 saturated heterocycles. The van der Waals surface area contributed by atoms with E-state index < -0.39 is 53.2 Å². The molecule has 3 N–H and O–H groups in total. The van der Waals surface area contributed by atoms with E-state index in [1.54, 1.807) is 53.7 Å². The normalized spacial score (nSPS) is 13.5. The minimum absolute atomic E-state index is 0.0615. The van der Waals surface area contributed by atoms with Crippen LogP contribution in [0.4, 0.5) is 4.79 Å². The number of phenolic OH excluding ortho intramolecular Hbond substituents is 1. The molecule has 0 aliphatic carbocycles. The first-order valence-electron chi connectivity index (χ1n) is 16.8. The maximum Gasteiger partial charge on any atom is 0.408 e. The average molecular weight is 686 g/mol. The number of aromatic hydroxyl groups is 1. The van der Waals surface area contributed by atoms with E-state index in [9.17, 15) is 24.3 Å². The van der Waals surface area contributed by atoms with Crippen molar-refractivity contribution in [3.63, 3.8) is 0 Å². The molecule has 2 aromatic rings. The van der Waals surface area contributed by atoms with E-state index in [0.29, 0.717) is 12.0 Å². The molecule has 3 atom stereocenters. The summed E-state index contributed by atoms with van der Waals surface area (Å²) in [4.78, 5) is 56.4. The predicted molar refractivity (Wildman–Crippen MR) is 191 cm³/mol. The Balaban J connectivity index is 2.56. The number of unbranched alkanes of at least 4 members (excludes halogenated alkanes) is 5. The Morgan fingerprint density at radius 2 is 1.44 bits per heavy atom. The molecule has 3 amide bonds. The first-order valence-corrected chi connectivity index (χ1v) is 17.4. The molecule has 3 unspecified atom stereocenters. The van der Waals surface area contributed by atoms with Crippen LogP contribution in [0.1, 0.15) is 104 Å². The van der Waals surface area contributed by atoms with Crippen molar-refractivity contribution in [1.29, 1.82) is 0 Å². The minimum atomic E-state index is -1.26. The molecule has 0 heterocycles. The number of ether oxygens (including phenoxy) is 2. The standard InChI is InChI=1S/C37H55N3O7S/c1-8-9-10-11-12-16-22-40(33(43)30(25-48)39-35(45)47-37(5,6)7)31(27-20-17-21-28(41)24-27)32(42)38-29(34(44)46-36(2,3)4)23-26-18-14-13-15-19-26/h13-15,17-21,24,29-31,41,48H,8-12,16,22-23,25H2,1-7H3,(H,38,42)(H,39,45). The van der Waals surface area contributed by atoms with E-state index in [0.717, 1.165) is 37.7 Å². The smallest absolute Gasteiger partial charge is 0.408 e. The van der Waals surface area contributed by atoms with Crippen LogP contribution < -0.4 is 10.6 Å². The molecule has 0 radical (unpaired) electrons. The number of phenols is 1. The van der Waals surface area contributed by atoms with Gasteiger partial charge in [0, 0.05) is 18.7 Å². The Labute approximate surface area is 291 Å². The van der Waals surface area contributed by atoms with Gasteiger partial charge < -0.3 is 30.1 Å². The monoisotopic (exact) mass is 685 g/mol. The average Bonchev–Trinajstić information content (AvgIpc) is 2.99. The molecule has 2 rings (SSSR count). The fourth-order valence-corrected chi connectivity index (χ4v) is 5.35. The van der Waals surface area contributed by atoms with Crippen molar-refractivity contribution in [2.24, 2.45) is 0 Å². The van der Waals surface area contributed by atoms with Gasteiger partial charge in [0.2, 0.25) is 11.8 Å². The fraction of sp³-hybridized carbons (Fsp3) is 0.568. The molecule has 11 heteroatoms. The summed E-state index contributed by atoms with van der Waals surface area (Å²) in [7, 11) is 0. The van der Waals surface area contributed by atoms with Crippen molar-refractivity contribution in [1.82, 2.24) is 15.5 Å². The van der Waals surface area contributed by atoms with Crippen LogP contribution in [0.3, 0.4) is 0 Å². The largest absolute Gasteiger partial charge is 0.508 e. The second-order valence-corrected chi connectivity index (χ2v) is 14.3. The summed E-state index contributed by atoms with van der Waals surface area (Å²) in [6.07, 6.45) is 4.97. The lowest BCUT2D eigenvalue weighted by Crippen LogP contribution is -2.55. The van der Waals surface area contributed by atoms with Crippen molar-refractivity contribution in [3.8, 4) is 5.75 Å². The summed E-state index contributed by atoms with van der Waals surface area (Å²) < 4.78 is 11.1. The number of carbonyl (C=O) groups excluding carboxylic acids is 4. The van der Waals surface area contributed by atoms with Crippen LogP contribution in [0.25, 0.3) is 0 Å². The highest BCUT2D eigenvalue weighted by Gasteiger charge is 2.38. The molecule has 48 heavy (non-hydrogen) atoms. The van der Waals surface area contributed by atoms with Gasteiger partial charge in [-0.2, -0.15) is 12.6 Å². The van der Waals surface area contributed by atoms with Gasteiger partial charge in [-0.1, -0.05) is 81.5 Å². The number of nitrogens with one attached hydrogen (secondary N) is 2. The predicted octanol–water partition coefficient (Wildman–Crippen LogP) is 6.51. The molecule has 0 aliphatic heterocycles. The van der Waals surface area contributed by atoms with Crippen LogP contribution in [-0.4, -0.2) is 69.5 Å².